The molecule has 0 aromatic heterocycles. The molecule has 2 heterocycles. The Morgan fingerprint density at radius 3 is 2.76 bits per heavy atom. The lowest BCUT2D eigenvalue weighted by atomic mass is 10.1. The maximum Gasteiger partial charge on any atom is 0.269 e. The SMILES string of the molecule is O=C1CSC(c2ccc([N+](=O)[O-])cc2)N1CC1CCCO1. The van der Waals surface area contributed by atoms with E-state index in [-0.39, 0.29) is 23.1 Å². The van der Waals surface area contributed by atoms with Crippen LogP contribution in [0.4, 0.5) is 5.69 Å². The van der Waals surface area contributed by atoms with Crippen LogP contribution in [0.5, 0.6) is 0 Å². The van der Waals surface area contributed by atoms with Gasteiger partial charge in [0.1, 0.15) is 5.37 Å². The molecule has 2 aliphatic rings. The number of nitrogens with zero attached hydrogens (tertiary/aromatic N) is 2. The number of hydrogen-bond donors (Lipinski definition) is 0. The minimum atomic E-state index is -0.416. The van der Waals surface area contributed by atoms with Gasteiger partial charge in [-0.15, -0.1) is 11.8 Å². The number of amides is 1. The third kappa shape index (κ3) is 3.03. The summed E-state index contributed by atoms with van der Waals surface area (Å²) in [5, 5.41) is 10.6. The number of nitro groups is 1. The van der Waals surface area contributed by atoms with Gasteiger partial charge in [0.15, 0.2) is 0 Å². The first-order chi connectivity index (χ1) is 10.1. The van der Waals surface area contributed by atoms with Crippen LogP contribution in [-0.2, 0) is 9.53 Å². The van der Waals surface area contributed by atoms with E-state index in [9.17, 15) is 14.9 Å². The molecule has 1 amide bonds. The molecule has 0 radical (unpaired) electrons. The fourth-order valence-electron chi connectivity index (χ4n) is 2.70. The number of hydrogen-bond acceptors (Lipinski definition) is 5. The summed E-state index contributed by atoms with van der Waals surface area (Å²) < 4.78 is 5.61. The van der Waals surface area contributed by atoms with Crippen molar-refractivity contribution in [3.05, 3.63) is 39.9 Å². The number of ether oxygens (including phenoxy) is 1. The molecule has 0 saturated carbocycles. The standard InChI is InChI=1S/C14H16N2O4S/c17-13-9-21-14(15(13)8-12-2-1-7-20-12)10-3-5-11(6-4-10)16(18)19/h3-6,12,14H,1-2,7-9H2. The number of nitro benzene ring substituents is 1. The number of non-ortho nitro benzene ring substituents is 1. The molecule has 3 rings (SSSR count). The highest BCUT2D eigenvalue weighted by Crippen LogP contribution is 2.39. The first-order valence-corrected chi connectivity index (χ1v) is 7.97. The van der Waals surface area contributed by atoms with Crippen molar-refractivity contribution in [3.63, 3.8) is 0 Å². The summed E-state index contributed by atoms with van der Waals surface area (Å²) in [4.78, 5) is 24.2. The van der Waals surface area contributed by atoms with E-state index in [0.717, 1.165) is 25.0 Å². The molecule has 0 spiro atoms. The predicted molar refractivity (Wildman–Crippen MR) is 79.0 cm³/mol. The smallest absolute Gasteiger partial charge is 0.269 e. The van der Waals surface area contributed by atoms with E-state index >= 15 is 0 Å². The van der Waals surface area contributed by atoms with Gasteiger partial charge < -0.3 is 9.64 Å². The first kappa shape index (κ1) is 14.3. The topological polar surface area (TPSA) is 72.7 Å². The Hall–Kier alpha value is -1.60. The summed E-state index contributed by atoms with van der Waals surface area (Å²) in [5.41, 5.74) is 0.994. The third-order valence-corrected chi connectivity index (χ3v) is 5.04. The number of benzene rings is 1. The van der Waals surface area contributed by atoms with Crippen LogP contribution in [-0.4, -0.2) is 40.7 Å². The van der Waals surface area contributed by atoms with Crippen molar-refractivity contribution < 1.29 is 14.5 Å². The second kappa shape index (κ2) is 6.03. The maximum absolute atomic E-state index is 12.1. The minimum Gasteiger partial charge on any atom is -0.376 e. The Labute approximate surface area is 126 Å². The van der Waals surface area contributed by atoms with Gasteiger partial charge in [0.2, 0.25) is 5.91 Å². The molecule has 2 aliphatic heterocycles. The molecule has 1 aromatic carbocycles. The van der Waals surface area contributed by atoms with Crippen LogP contribution in [0.1, 0.15) is 23.8 Å². The van der Waals surface area contributed by atoms with Gasteiger partial charge in [-0.25, -0.2) is 0 Å². The van der Waals surface area contributed by atoms with Gasteiger partial charge in [0, 0.05) is 25.3 Å². The van der Waals surface area contributed by atoms with Crippen LogP contribution in [0.25, 0.3) is 0 Å². The summed E-state index contributed by atoms with van der Waals surface area (Å²) in [6, 6.07) is 6.44. The number of thioether (sulfide) groups is 1. The molecule has 0 bridgehead atoms. The van der Waals surface area contributed by atoms with E-state index in [2.05, 4.69) is 0 Å². The van der Waals surface area contributed by atoms with Crippen molar-refractivity contribution in [1.82, 2.24) is 4.90 Å². The van der Waals surface area contributed by atoms with Crippen LogP contribution >= 0.6 is 11.8 Å². The Morgan fingerprint density at radius 2 is 2.14 bits per heavy atom. The molecule has 1 aromatic rings. The van der Waals surface area contributed by atoms with Crippen molar-refractivity contribution in [3.8, 4) is 0 Å². The lowest BCUT2D eigenvalue weighted by Gasteiger charge is -2.26. The second-order valence-corrected chi connectivity index (χ2v) is 6.26. The van der Waals surface area contributed by atoms with Crippen molar-refractivity contribution >= 4 is 23.4 Å². The second-order valence-electron chi connectivity index (χ2n) is 5.19. The van der Waals surface area contributed by atoms with Crippen LogP contribution in [0.3, 0.4) is 0 Å². The van der Waals surface area contributed by atoms with E-state index in [1.807, 2.05) is 4.90 Å². The van der Waals surface area contributed by atoms with Crippen LogP contribution in [0, 0.1) is 10.1 Å². The molecule has 2 atom stereocenters. The van der Waals surface area contributed by atoms with Gasteiger partial charge >= 0.3 is 0 Å². The highest BCUT2D eigenvalue weighted by Gasteiger charge is 2.35. The van der Waals surface area contributed by atoms with E-state index in [1.54, 1.807) is 23.9 Å². The molecule has 2 unspecified atom stereocenters. The number of carbonyl (C=O) groups is 1. The van der Waals surface area contributed by atoms with Gasteiger partial charge in [-0.1, -0.05) is 0 Å². The molecule has 112 valence electrons. The first-order valence-electron chi connectivity index (χ1n) is 6.92. The number of carbonyl (C=O) groups excluding carboxylic acids is 1. The van der Waals surface area contributed by atoms with E-state index in [1.165, 1.54) is 12.1 Å². The van der Waals surface area contributed by atoms with Gasteiger partial charge in [-0.05, 0) is 30.5 Å². The molecule has 0 N–H and O–H groups in total. The van der Waals surface area contributed by atoms with Crippen molar-refractivity contribution in [2.45, 2.75) is 24.3 Å². The molecule has 2 fully saturated rings. The van der Waals surface area contributed by atoms with Gasteiger partial charge in [-0.2, -0.15) is 0 Å². The fraction of sp³-hybridized carbons (Fsp3) is 0.500. The monoisotopic (exact) mass is 308 g/mol. The molecule has 7 heteroatoms. The molecular formula is C14H16N2O4S. The molecule has 6 nitrogen and oxygen atoms in total. The Kier molecular flexibility index (Phi) is 4.12. The molecular weight excluding hydrogens is 292 g/mol. The predicted octanol–water partition coefficient (Wildman–Crippen LogP) is 2.35. The zero-order valence-corrected chi connectivity index (χ0v) is 12.3. The van der Waals surface area contributed by atoms with E-state index in [4.69, 9.17) is 4.74 Å². The maximum atomic E-state index is 12.1. The fourth-order valence-corrected chi connectivity index (χ4v) is 3.90. The average molecular weight is 308 g/mol. The summed E-state index contributed by atoms with van der Waals surface area (Å²) in [5.74, 6) is 0.563. The Bertz CT molecular complexity index is 542. The normalized spacial score (nSPS) is 25.5. The zero-order chi connectivity index (χ0) is 14.8. The lowest BCUT2D eigenvalue weighted by molar-refractivity contribution is -0.384. The van der Waals surface area contributed by atoms with Gasteiger partial charge in [0.25, 0.3) is 5.69 Å². The summed E-state index contributed by atoms with van der Waals surface area (Å²) in [6.07, 6.45) is 2.15. The Morgan fingerprint density at radius 1 is 1.38 bits per heavy atom. The number of rotatable bonds is 4. The van der Waals surface area contributed by atoms with Crippen LogP contribution in [0.15, 0.2) is 24.3 Å². The average Bonchev–Trinajstić information content (AvgIpc) is 3.11. The van der Waals surface area contributed by atoms with E-state index in [0.29, 0.717) is 12.3 Å². The Balaban J connectivity index is 1.75. The van der Waals surface area contributed by atoms with E-state index < -0.39 is 4.92 Å². The van der Waals surface area contributed by atoms with Gasteiger partial charge in [0.05, 0.1) is 16.8 Å². The quantitative estimate of drug-likeness (QED) is 0.630. The van der Waals surface area contributed by atoms with Crippen molar-refractivity contribution in [1.29, 1.82) is 0 Å². The molecule has 2 saturated heterocycles. The van der Waals surface area contributed by atoms with Crippen LogP contribution in [0.2, 0.25) is 0 Å². The summed E-state index contributed by atoms with van der Waals surface area (Å²) in [6.45, 7) is 1.37. The largest absolute Gasteiger partial charge is 0.376 e. The lowest BCUT2D eigenvalue weighted by Crippen LogP contribution is -2.35. The molecule has 21 heavy (non-hydrogen) atoms. The summed E-state index contributed by atoms with van der Waals surface area (Å²) >= 11 is 1.56. The van der Waals surface area contributed by atoms with Gasteiger partial charge in [-0.3, -0.25) is 14.9 Å². The molecule has 0 aliphatic carbocycles. The van der Waals surface area contributed by atoms with Crippen LogP contribution < -0.4 is 0 Å². The minimum absolute atomic E-state index is 0.0671. The third-order valence-electron chi connectivity index (χ3n) is 3.78. The zero-order valence-electron chi connectivity index (χ0n) is 11.4. The highest BCUT2D eigenvalue weighted by atomic mass is 32.2. The summed E-state index contributed by atoms with van der Waals surface area (Å²) in [7, 11) is 0. The highest BCUT2D eigenvalue weighted by molar-refractivity contribution is 8.00. The van der Waals surface area contributed by atoms with Crippen molar-refractivity contribution in [2.24, 2.45) is 0 Å². The van der Waals surface area contributed by atoms with Crippen molar-refractivity contribution in [2.75, 3.05) is 18.9 Å².